The van der Waals surface area contributed by atoms with Crippen molar-refractivity contribution < 1.29 is 14.3 Å². The van der Waals surface area contributed by atoms with E-state index in [1.54, 1.807) is 26.4 Å². The van der Waals surface area contributed by atoms with Gasteiger partial charge in [-0.15, -0.1) is 0 Å². The van der Waals surface area contributed by atoms with E-state index in [9.17, 15) is 9.59 Å². The van der Waals surface area contributed by atoms with Crippen LogP contribution in [0.3, 0.4) is 0 Å². The van der Waals surface area contributed by atoms with Crippen LogP contribution in [0.4, 0.5) is 10.6 Å². The predicted octanol–water partition coefficient (Wildman–Crippen LogP) is 6.27. The molecule has 3 aromatic heterocycles. The number of carbonyl (C=O) groups excluding carboxylic acids is 2. The second-order valence-electron chi connectivity index (χ2n) is 12.5. The van der Waals surface area contributed by atoms with E-state index in [2.05, 4.69) is 39.3 Å². The molecule has 1 aliphatic carbocycles. The molecule has 1 N–H and O–H groups in total. The molecule has 5 rings (SSSR count). The quantitative estimate of drug-likeness (QED) is 0.367. The van der Waals surface area contributed by atoms with Crippen LogP contribution in [-0.4, -0.2) is 76.1 Å². The fourth-order valence-corrected chi connectivity index (χ4v) is 5.53. The molecule has 224 valence electrons. The van der Waals surface area contributed by atoms with Crippen molar-refractivity contribution in [3.05, 3.63) is 83.1 Å². The van der Waals surface area contributed by atoms with Gasteiger partial charge in [-0.25, -0.2) is 9.78 Å². The summed E-state index contributed by atoms with van der Waals surface area (Å²) in [6.07, 6.45) is 11.4. The summed E-state index contributed by atoms with van der Waals surface area (Å²) in [4.78, 5) is 41.9. The first kappa shape index (κ1) is 30.1. The van der Waals surface area contributed by atoms with E-state index in [4.69, 9.17) is 9.72 Å². The Balaban J connectivity index is 1.28. The Hall–Kier alpha value is -4.37. The Morgan fingerprint density at radius 3 is 2.44 bits per heavy atom. The zero-order valence-corrected chi connectivity index (χ0v) is 25.8. The zero-order chi connectivity index (χ0) is 30.7. The number of pyridine rings is 3. The fraction of sp³-hybridized carbons (Fsp3) is 0.382. The molecule has 0 fully saturated rings. The lowest BCUT2D eigenvalue weighted by molar-refractivity contribution is 0.0635. The molecule has 0 radical (unpaired) electrons. The fourth-order valence-electron chi connectivity index (χ4n) is 5.53. The summed E-state index contributed by atoms with van der Waals surface area (Å²) in [6, 6.07) is 9.60. The second kappa shape index (κ2) is 12.5. The van der Waals surface area contributed by atoms with Crippen molar-refractivity contribution in [1.29, 1.82) is 0 Å². The van der Waals surface area contributed by atoms with E-state index < -0.39 is 11.7 Å². The first-order chi connectivity index (χ1) is 20.5. The highest BCUT2D eigenvalue weighted by Crippen LogP contribution is 2.38. The number of nitrogens with zero attached hydrogens (tertiary/aromatic N) is 5. The van der Waals surface area contributed by atoms with E-state index in [1.165, 1.54) is 16.0 Å². The standard InChI is InChI=1S/C34H40N6O3/c1-22-17-23(21-40-15-12-24(13-16-40)25-7-9-29(36-19-25)32(41)39(5)6)18-28-27(11-14-35-31(22)28)26-8-10-30(37-20-26)38-33(42)43-34(2,3)4/h7-12,14,18-20,22H,13,15-17,21H2,1-6H3,(H,37,38,42). The molecule has 3 aromatic rings. The highest BCUT2D eigenvalue weighted by atomic mass is 16.6. The molecule has 0 saturated heterocycles. The molecule has 0 spiro atoms. The topological polar surface area (TPSA) is 101 Å². The van der Waals surface area contributed by atoms with Gasteiger partial charge in [0.1, 0.15) is 17.1 Å². The van der Waals surface area contributed by atoms with Gasteiger partial charge in [0.05, 0.1) is 5.69 Å². The van der Waals surface area contributed by atoms with Crippen LogP contribution in [0.15, 0.2) is 60.6 Å². The van der Waals surface area contributed by atoms with Crippen molar-refractivity contribution in [2.24, 2.45) is 0 Å². The second-order valence-corrected chi connectivity index (χ2v) is 12.5. The molecular weight excluding hydrogens is 540 g/mol. The van der Waals surface area contributed by atoms with Gasteiger partial charge in [-0.05, 0) is 74.6 Å². The molecule has 1 aliphatic heterocycles. The third-order valence-electron chi connectivity index (χ3n) is 7.59. The van der Waals surface area contributed by atoms with Gasteiger partial charge in [0.15, 0.2) is 0 Å². The number of carbonyl (C=O) groups is 2. The maximum Gasteiger partial charge on any atom is 0.413 e. The van der Waals surface area contributed by atoms with Gasteiger partial charge in [-0.2, -0.15) is 0 Å². The Labute approximate surface area is 253 Å². The number of fused-ring (bicyclic) bond motifs is 1. The van der Waals surface area contributed by atoms with Gasteiger partial charge < -0.3 is 9.64 Å². The number of nitrogens with one attached hydrogen (secondary N) is 1. The highest BCUT2D eigenvalue weighted by molar-refractivity contribution is 5.92. The first-order valence-corrected chi connectivity index (χ1v) is 14.7. The molecule has 2 aliphatic rings. The van der Waals surface area contributed by atoms with Crippen molar-refractivity contribution in [2.45, 2.75) is 52.1 Å². The highest BCUT2D eigenvalue weighted by Gasteiger charge is 2.24. The minimum Gasteiger partial charge on any atom is -0.444 e. The Bertz CT molecular complexity index is 1550. The zero-order valence-electron chi connectivity index (χ0n) is 25.8. The van der Waals surface area contributed by atoms with Crippen LogP contribution in [0.5, 0.6) is 0 Å². The Morgan fingerprint density at radius 2 is 1.81 bits per heavy atom. The van der Waals surface area contributed by atoms with Gasteiger partial charge in [0.2, 0.25) is 0 Å². The van der Waals surface area contributed by atoms with E-state index in [0.29, 0.717) is 17.4 Å². The van der Waals surface area contributed by atoms with Crippen molar-refractivity contribution in [1.82, 2.24) is 24.8 Å². The average Bonchev–Trinajstić information content (AvgIpc) is 2.96. The molecule has 9 nitrogen and oxygen atoms in total. The lowest BCUT2D eigenvalue weighted by atomic mass is 9.84. The van der Waals surface area contributed by atoms with E-state index in [1.807, 2.05) is 57.4 Å². The van der Waals surface area contributed by atoms with Crippen LogP contribution in [0.25, 0.3) is 22.8 Å². The number of ether oxygens (including phenoxy) is 1. The van der Waals surface area contributed by atoms with Crippen molar-refractivity contribution in [2.75, 3.05) is 39.0 Å². The summed E-state index contributed by atoms with van der Waals surface area (Å²) >= 11 is 0. The molecule has 1 unspecified atom stereocenters. The normalized spacial score (nSPS) is 16.9. The summed E-state index contributed by atoms with van der Waals surface area (Å²) in [5.41, 5.74) is 7.90. The molecule has 0 aromatic carbocycles. The Kier molecular flexibility index (Phi) is 8.73. The van der Waals surface area contributed by atoms with Crippen molar-refractivity contribution in [3.63, 3.8) is 0 Å². The number of hydrogen-bond donors (Lipinski definition) is 1. The molecule has 43 heavy (non-hydrogen) atoms. The van der Waals surface area contributed by atoms with E-state index in [-0.39, 0.29) is 5.91 Å². The van der Waals surface area contributed by atoms with Crippen LogP contribution < -0.4 is 5.32 Å². The maximum atomic E-state index is 12.2. The third kappa shape index (κ3) is 7.35. The molecule has 1 atom stereocenters. The SMILES string of the molecule is CC1CC(CN2CC=C(c3ccc(C(=O)N(C)C)nc3)CC2)=Cc2c(-c3ccc(NC(=O)OC(C)(C)C)nc3)ccnc21. The smallest absolute Gasteiger partial charge is 0.413 e. The summed E-state index contributed by atoms with van der Waals surface area (Å²) in [5.74, 6) is 0.659. The summed E-state index contributed by atoms with van der Waals surface area (Å²) < 4.78 is 5.34. The molecule has 4 heterocycles. The Morgan fingerprint density at radius 1 is 1.05 bits per heavy atom. The summed E-state index contributed by atoms with van der Waals surface area (Å²) in [6.45, 7) is 10.4. The van der Waals surface area contributed by atoms with Crippen molar-refractivity contribution in [3.8, 4) is 11.1 Å². The van der Waals surface area contributed by atoms with Gasteiger partial charge in [0.25, 0.3) is 5.91 Å². The lowest BCUT2D eigenvalue weighted by Crippen LogP contribution is -2.31. The van der Waals surface area contributed by atoms with Gasteiger partial charge in [0, 0.05) is 69.4 Å². The molecule has 2 amide bonds. The number of amides is 2. The monoisotopic (exact) mass is 580 g/mol. The number of rotatable bonds is 6. The number of hydrogen-bond acceptors (Lipinski definition) is 7. The molecule has 0 bridgehead atoms. The maximum absolute atomic E-state index is 12.2. The minimum atomic E-state index is -0.577. The summed E-state index contributed by atoms with van der Waals surface area (Å²) in [5, 5.41) is 2.70. The van der Waals surface area contributed by atoms with Gasteiger partial charge >= 0.3 is 6.09 Å². The largest absolute Gasteiger partial charge is 0.444 e. The number of anilines is 1. The summed E-state index contributed by atoms with van der Waals surface area (Å²) in [7, 11) is 3.47. The van der Waals surface area contributed by atoms with Crippen LogP contribution >= 0.6 is 0 Å². The van der Waals surface area contributed by atoms with Crippen LogP contribution in [0, 0.1) is 0 Å². The van der Waals surface area contributed by atoms with E-state index >= 15 is 0 Å². The van der Waals surface area contributed by atoms with Crippen LogP contribution in [0.1, 0.15) is 73.8 Å². The third-order valence-corrected chi connectivity index (χ3v) is 7.59. The first-order valence-electron chi connectivity index (χ1n) is 14.7. The van der Waals surface area contributed by atoms with Gasteiger partial charge in [-0.3, -0.25) is 25.0 Å². The minimum absolute atomic E-state index is 0.0891. The van der Waals surface area contributed by atoms with Crippen LogP contribution in [0.2, 0.25) is 0 Å². The predicted molar refractivity (Wildman–Crippen MR) is 170 cm³/mol. The molecule has 0 saturated carbocycles. The lowest BCUT2D eigenvalue weighted by Gasteiger charge is -2.30. The van der Waals surface area contributed by atoms with E-state index in [0.717, 1.165) is 60.4 Å². The van der Waals surface area contributed by atoms with Gasteiger partial charge in [-0.1, -0.05) is 30.7 Å². The molecule has 9 heteroatoms. The van der Waals surface area contributed by atoms with Crippen LogP contribution in [-0.2, 0) is 4.74 Å². The average molecular weight is 581 g/mol. The van der Waals surface area contributed by atoms with Crippen molar-refractivity contribution >= 4 is 29.5 Å². The molecular formula is C34H40N6O3. The number of aromatic nitrogens is 3.